The number of para-hydroxylation sites is 1. The standard InChI is InChI=1S/C18H25N3O3S/c1-3-20(2)25(22,23)21-11-9-18(10-12-21)17-15(8-13-24-18)14-6-4-5-7-16(14)19-17/h4-7,19H,3,8-13H2,1-2H3. The number of nitrogens with zero attached hydrogens (tertiary/aromatic N) is 2. The first-order valence-electron chi connectivity index (χ1n) is 8.93. The molecule has 1 spiro atoms. The number of fused-ring (bicyclic) bond motifs is 4. The third-order valence-corrected chi connectivity index (χ3v) is 7.76. The highest BCUT2D eigenvalue weighted by Gasteiger charge is 2.45. The van der Waals surface area contributed by atoms with Gasteiger partial charge >= 0.3 is 0 Å². The normalized spacial score (nSPS) is 21.1. The van der Waals surface area contributed by atoms with Gasteiger partial charge in [-0.25, -0.2) is 0 Å². The molecule has 6 nitrogen and oxygen atoms in total. The quantitative estimate of drug-likeness (QED) is 0.909. The Kier molecular flexibility index (Phi) is 4.15. The van der Waals surface area contributed by atoms with Gasteiger partial charge in [-0.2, -0.15) is 17.0 Å². The molecule has 136 valence electrons. The molecule has 0 aliphatic carbocycles. The van der Waals surface area contributed by atoms with E-state index in [-0.39, 0.29) is 5.60 Å². The summed E-state index contributed by atoms with van der Waals surface area (Å²) in [5.41, 5.74) is 3.24. The summed E-state index contributed by atoms with van der Waals surface area (Å²) in [6.07, 6.45) is 2.27. The van der Waals surface area contributed by atoms with Gasteiger partial charge in [0.05, 0.1) is 12.3 Å². The third kappa shape index (κ3) is 2.61. The number of piperidine rings is 1. The predicted octanol–water partition coefficient (Wildman–Crippen LogP) is 2.23. The molecular weight excluding hydrogens is 338 g/mol. The molecule has 1 aromatic carbocycles. The molecule has 4 rings (SSSR count). The molecule has 0 radical (unpaired) electrons. The number of ether oxygens (including phenoxy) is 1. The number of H-pyrrole nitrogens is 1. The van der Waals surface area contributed by atoms with Gasteiger partial charge in [-0.15, -0.1) is 0 Å². The van der Waals surface area contributed by atoms with Crippen LogP contribution in [0.25, 0.3) is 10.9 Å². The lowest BCUT2D eigenvalue weighted by molar-refractivity contribution is -0.0918. The maximum absolute atomic E-state index is 12.6. The van der Waals surface area contributed by atoms with Crippen molar-refractivity contribution in [2.24, 2.45) is 0 Å². The van der Waals surface area contributed by atoms with Crippen LogP contribution in [0.3, 0.4) is 0 Å². The first-order chi connectivity index (χ1) is 12.0. The van der Waals surface area contributed by atoms with Crippen LogP contribution in [0.15, 0.2) is 24.3 Å². The number of aromatic nitrogens is 1. The molecule has 2 aromatic rings. The Morgan fingerprint density at radius 1 is 1.28 bits per heavy atom. The summed E-state index contributed by atoms with van der Waals surface area (Å²) < 4.78 is 34.4. The zero-order chi connectivity index (χ0) is 17.7. The predicted molar refractivity (Wildman–Crippen MR) is 97.7 cm³/mol. The van der Waals surface area contributed by atoms with Crippen LogP contribution < -0.4 is 0 Å². The molecule has 1 N–H and O–H groups in total. The summed E-state index contributed by atoms with van der Waals surface area (Å²) in [6, 6.07) is 8.35. The smallest absolute Gasteiger partial charge is 0.281 e. The molecule has 1 aromatic heterocycles. The van der Waals surface area contributed by atoms with Gasteiger partial charge < -0.3 is 9.72 Å². The fourth-order valence-corrected chi connectivity index (χ4v) is 5.47. The SMILES string of the molecule is CCN(C)S(=O)(=O)N1CCC2(CC1)OCCc1c2[nH]c2ccccc12. The van der Waals surface area contributed by atoms with E-state index in [0.717, 1.165) is 17.6 Å². The van der Waals surface area contributed by atoms with Gasteiger partial charge in [0.25, 0.3) is 10.2 Å². The van der Waals surface area contributed by atoms with E-state index in [1.807, 2.05) is 13.0 Å². The second-order valence-corrected chi connectivity index (χ2v) is 8.97. The highest BCUT2D eigenvalue weighted by Crippen LogP contribution is 2.43. The van der Waals surface area contributed by atoms with Gasteiger partial charge in [0.1, 0.15) is 5.60 Å². The first-order valence-corrected chi connectivity index (χ1v) is 10.3. The van der Waals surface area contributed by atoms with Gasteiger partial charge in [0, 0.05) is 37.6 Å². The number of hydrogen-bond acceptors (Lipinski definition) is 3. The van der Waals surface area contributed by atoms with Gasteiger partial charge in [0.2, 0.25) is 0 Å². The minimum atomic E-state index is -3.37. The lowest BCUT2D eigenvalue weighted by Gasteiger charge is -2.43. The minimum absolute atomic E-state index is 0.386. The maximum Gasteiger partial charge on any atom is 0.281 e. The van der Waals surface area contributed by atoms with Crippen molar-refractivity contribution in [2.45, 2.75) is 31.8 Å². The van der Waals surface area contributed by atoms with Crippen molar-refractivity contribution < 1.29 is 13.2 Å². The van der Waals surface area contributed by atoms with Gasteiger partial charge in [-0.05, 0) is 30.9 Å². The maximum atomic E-state index is 12.6. The van der Waals surface area contributed by atoms with Crippen LogP contribution >= 0.6 is 0 Å². The zero-order valence-electron chi connectivity index (χ0n) is 14.8. The van der Waals surface area contributed by atoms with Crippen LogP contribution in [0.2, 0.25) is 0 Å². The Labute approximate surface area is 148 Å². The summed E-state index contributed by atoms with van der Waals surface area (Å²) in [5.74, 6) is 0. The van der Waals surface area contributed by atoms with E-state index >= 15 is 0 Å². The minimum Gasteiger partial charge on any atom is -0.368 e. The third-order valence-electron chi connectivity index (χ3n) is 5.70. The molecule has 2 aliphatic rings. The molecule has 1 saturated heterocycles. The summed E-state index contributed by atoms with van der Waals surface area (Å²) >= 11 is 0. The average molecular weight is 363 g/mol. The van der Waals surface area contributed by atoms with E-state index in [1.54, 1.807) is 11.4 Å². The molecule has 7 heteroatoms. The molecule has 0 atom stereocenters. The van der Waals surface area contributed by atoms with E-state index in [4.69, 9.17) is 4.74 Å². The molecule has 2 aliphatic heterocycles. The van der Waals surface area contributed by atoms with Crippen LogP contribution in [0.4, 0.5) is 0 Å². The largest absolute Gasteiger partial charge is 0.368 e. The summed E-state index contributed by atoms with van der Waals surface area (Å²) in [5, 5.41) is 1.26. The number of hydrogen-bond donors (Lipinski definition) is 1. The molecule has 1 fully saturated rings. The van der Waals surface area contributed by atoms with E-state index in [9.17, 15) is 8.42 Å². The average Bonchev–Trinajstić information content (AvgIpc) is 3.02. The van der Waals surface area contributed by atoms with Crippen molar-refractivity contribution in [1.29, 1.82) is 0 Å². The lowest BCUT2D eigenvalue weighted by atomic mass is 9.84. The Balaban J connectivity index is 1.64. The van der Waals surface area contributed by atoms with Crippen molar-refractivity contribution in [2.75, 3.05) is 33.3 Å². The molecule has 0 bridgehead atoms. The summed E-state index contributed by atoms with van der Waals surface area (Å²) in [4.78, 5) is 3.56. The van der Waals surface area contributed by atoms with Crippen molar-refractivity contribution in [3.63, 3.8) is 0 Å². The topological polar surface area (TPSA) is 65.6 Å². The Morgan fingerprint density at radius 2 is 2.00 bits per heavy atom. The highest BCUT2D eigenvalue weighted by atomic mass is 32.2. The van der Waals surface area contributed by atoms with Crippen LogP contribution in [0.1, 0.15) is 31.0 Å². The fraction of sp³-hybridized carbons (Fsp3) is 0.556. The number of rotatable bonds is 3. The zero-order valence-corrected chi connectivity index (χ0v) is 15.6. The summed E-state index contributed by atoms with van der Waals surface area (Å²) in [6.45, 7) is 4.00. The molecule has 3 heterocycles. The molecule has 0 unspecified atom stereocenters. The van der Waals surface area contributed by atoms with Crippen LogP contribution in [0.5, 0.6) is 0 Å². The van der Waals surface area contributed by atoms with Crippen molar-refractivity contribution in [3.8, 4) is 0 Å². The Hall–Kier alpha value is -1.41. The number of aromatic amines is 1. The van der Waals surface area contributed by atoms with Gasteiger partial charge in [-0.3, -0.25) is 0 Å². The number of nitrogens with one attached hydrogen (secondary N) is 1. The van der Waals surface area contributed by atoms with Crippen LogP contribution in [-0.2, 0) is 27.0 Å². The molecular formula is C18H25N3O3S. The molecule has 0 saturated carbocycles. The van der Waals surface area contributed by atoms with Gasteiger partial charge in [0.15, 0.2) is 0 Å². The Bertz CT molecular complexity index is 882. The summed E-state index contributed by atoms with van der Waals surface area (Å²) in [7, 11) is -1.74. The van der Waals surface area contributed by atoms with Crippen LogP contribution in [-0.4, -0.2) is 55.3 Å². The van der Waals surface area contributed by atoms with Crippen molar-refractivity contribution >= 4 is 21.1 Å². The second-order valence-electron chi connectivity index (χ2n) is 6.94. The monoisotopic (exact) mass is 363 g/mol. The molecule has 25 heavy (non-hydrogen) atoms. The van der Waals surface area contributed by atoms with Crippen molar-refractivity contribution in [3.05, 3.63) is 35.5 Å². The molecule has 0 amide bonds. The first kappa shape index (κ1) is 17.0. The van der Waals surface area contributed by atoms with Crippen LogP contribution in [0, 0.1) is 0 Å². The van der Waals surface area contributed by atoms with E-state index < -0.39 is 10.2 Å². The van der Waals surface area contributed by atoms with Gasteiger partial charge in [-0.1, -0.05) is 25.1 Å². The van der Waals surface area contributed by atoms with Crippen molar-refractivity contribution in [1.82, 2.24) is 13.6 Å². The Morgan fingerprint density at radius 3 is 2.72 bits per heavy atom. The second kappa shape index (κ2) is 6.09. The van der Waals surface area contributed by atoms with E-state index in [0.29, 0.717) is 39.1 Å². The van der Waals surface area contributed by atoms with E-state index in [2.05, 4.69) is 23.2 Å². The highest BCUT2D eigenvalue weighted by molar-refractivity contribution is 7.86. The fourth-order valence-electron chi connectivity index (χ4n) is 4.10. The van der Waals surface area contributed by atoms with E-state index in [1.165, 1.54) is 15.3 Å². The number of benzene rings is 1. The lowest BCUT2D eigenvalue weighted by Crippen LogP contribution is -2.51.